The predicted molar refractivity (Wildman–Crippen MR) is 108 cm³/mol. The van der Waals surface area contributed by atoms with Crippen LogP contribution in [0.5, 0.6) is 0 Å². The molecule has 0 saturated carbocycles. The normalized spacial score (nSPS) is 11.3. The van der Waals surface area contributed by atoms with Gasteiger partial charge in [0, 0.05) is 55.1 Å². The fourth-order valence-corrected chi connectivity index (χ4v) is 2.77. The Bertz CT molecular complexity index is 941. The summed E-state index contributed by atoms with van der Waals surface area (Å²) < 4.78 is 1.75. The van der Waals surface area contributed by atoms with Gasteiger partial charge in [-0.05, 0) is 49.5 Å². The fraction of sp³-hybridized carbons (Fsp3) is 0.190. The van der Waals surface area contributed by atoms with E-state index in [-0.39, 0.29) is 5.91 Å². The third-order valence-corrected chi connectivity index (χ3v) is 4.00. The van der Waals surface area contributed by atoms with E-state index in [0.717, 1.165) is 28.9 Å². The molecule has 2 aromatic heterocycles. The number of nitrogens with one attached hydrogen (secondary N) is 1. The first kappa shape index (κ1) is 18.5. The summed E-state index contributed by atoms with van der Waals surface area (Å²) in [7, 11) is 5.93. The van der Waals surface area contributed by atoms with Gasteiger partial charge in [-0.25, -0.2) is 0 Å². The third-order valence-electron chi connectivity index (χ3n) is 4.00. The molecule has 0 atom stereocenters. The number of nitrogens with zero attached hydrogens (tertiary/aromatic N) is 4. The zero-order valence-electron chi connectivity index (χ0n) is 15.8. The maximum atomic E-state index is 12.3. The van der Waals surface area contributed by atoms with Crippen LogP contribution in [0.3, 0.4) is 0 Å². The molecule has 3 rings (SSSR count). The largest absolute Gasteiger partial charge is 0.323 e. The molecule has 0 aliphatic carbocycles. The Kier molecular flexibility index (Phi) is 5.78. The van der Waals surface area contributed by atoms with Crippen molar-refractivity contribution in [3.8, 4) is 11.1 Å². The molecular weight excluding hydrogens is 338 g/mol. The summed E-state index contributed by atoms with van der Waals surface area (Å²) in [6.45, 7) is 0.867. The molecule has 2 heterocycles. The molecule has 0 spiro atoms. The third kappa shape index (κ3) is 5.12. The maximum absolute atomic E-state index is 12.3. The van der Waals surface area contributed by atoms with E-state index in [1.54, 1.807) is 29.3 Å². The fourth-order valence-electron chi connectivity index (χ4n) is 2.77. The van der Waals surface area contributed by atoms with E-state index in [1.807, 2.05) is 57.7 Å². The Labute approximate surface area is 159 Å². The number of aryl methyl sites for hydroxylation is 1. The van der Waals surface area contributed by atoms with Gasteiger partial charge in [0.15, 0.2) is 0 Å². The van der Waals surface area contributed by atoms with Crippen LogP contribution in [0, 0.1) is 0 Å². The molecule has 0 saturated heterocycles. The highest BCUT2D eigenvalue weighted by Crippen LogP contribution is 2.23. The minimum atomic E-state index is -0.184. The van der Waals surface area contributed by atoms with Crippen LogP contribution in [0.1, 0.15) is 11.1 Å². The van der Waals surface area contributed by atoms with E-state index >= 15 is 0 Å². The molecule has 0 bridgehead atoms. The van der Waals surface area contributed by atoms with Crippen LogP contribution in [0.2, 0.25) is 0 Å². The summed E-state index contributed by atoms with van der Waals surface area (Å²) >= 11 is 0. The Morgan fingerprint density at radius 1 is 1.19 bits per heavy atom. The molecule has 0 unspecified atom stereocenters. The van der Waals surface area contributed by atoms with Crippen LogP contribution in [-0.4, -0.2) is 39.7 Å². The van der Waals surface area contributed by atoms with Crippen molar-refractivity contribution in [1.29, 1.82) is 0 Å². The first-order valence-electron chi connectivity index (χ1n) is 8.67. The summed E-state index contributed by atoms with van der Waals surface area (Å²) in [4.78, 5) is 18.5. The SMILES string of the molecule is CN(C)Cc1ccc(NC(=O)/C=C/c2cnccc2-c2cnn(C)c2)cc1. The van der Waals surface area contributed by atoms with Crippen LogP contribution in [0.15, 0.2) is 61.2 Å². The molecule has 0 aliphatic heterocycles. The van der Waals surface area contributed by atoms with Crippen LogP contribution in [0.4, 0.5) is 5.69 Å². The van der Waals surface area contributed by atoms with Crippen molar-refractivity contribution >= 4 is 17.7 Å². The molecule has 27 heavy (non-hydrogen) atoms. The number of anilines is 1. The number of benzene rings is 1. The number of hydrogen-bond acceptors (Lipinski definition) is 4. The molecule has 138 valence electrons. The zero-order valence-corrected chi connectivity index (χ0v) is 15.8. The lowest BCUT2D eigenvalue weighted by molar-refractivity contribution is -0.111. The van der Waals surface area contributed by atoms with Crippen molar-refractivity contribution in [3.63, 3.8) is 0 Å². The number of pyridine rings is 1. The van der Waals surface area contributed by atoms with Crippen LogP contribution >= 0.6 is 0 Å². The number of aromatic nitrogens is 3. The summed E-state index contributed by atoms with van der Waals surface area (Å²) in [5.74, 6) is -0.184. The molecule has 0 aliphatic rings. The lowest BCUT2D eigenvalue weighted by Gasteiger charge is -2.10. The summed E-state index contributed by atoms with van der Waals surface area (Å²) in [6.07, 6.45) is 10.5. The summed E-state index contributed by atoms with van der Waals surface area (Å²) in [5, 5.41) is 7.08. The van der Waals surface area contributed by atoms with Crippen molar-refractivity contribution in [2.45, 2.75) is 6.54 Å². The molecule has 1 aromatic carbocycles. The zero-order chi connectivity index (χ0) is 19.2. The topological polar surface area (TPSA) is 63.1 Å². The van der Waals surface area contributed by atoms with E-state index in [2.05, 4.69) is 20.3 Å². The van der Waals surface area contributed by atoms with Gasteiger partial charge in [-0.15, -0.1) is 0 Å². The Morgan fingerprint density at radius 3 is 2.63 bits per heavy atom. The molecule has 0 radical (unpaired) electrons. The molecule has 1 N–H and O–H groups in total. The van der Waals surface area contributed by atoms with Gasteiger partial charge in [0.2, 0.25) is 5.91 Å². The standard InChI is InChI=1S/C21H23N5O/c1-25(2)14-16-4-7-19(8-5-16)24-21(27)9-6-17-12-22-11-10-20(17)18-13-23-26(3)15-18/h4-13,15H,14H2,1-3H3,(H,24,27)/b9-6+. The van der Waals surface area contributed by atoms with Gasteiger partial charge in [-0.1, -0.05) is 12.1 Å². The second kappa shape index (κ2) is 8.42. The van der Waals surface area contributed by atoms with Crippen molar-refractivity contribution in [2.24, 2.45) is 7.05 Å². The minimum absolute atomic E-state index is 0.184. The van der Waals surface area contributed by atoms with E-state index in [4.69, 9.17) is 0 Å². The van der Waals surface area contributed by atoms with Crippen LogP contribution in [0.25, 0.3) is 17.2 Å². The van der Waals surface area contributed by atoms with Gasteiger partial charge >= 0.3 is 0 Å². The summed E-state index contributed by atoms with van der Waals surface area (Å²) in [5.41, 5.74) is 4.80. The van der Waals surface area contributed by atoms with Gasteiger partial charge < -0.3 is 10.2 Å². The Morgan fingerprint density at radius 2 is 1.96 bits per heavy atom. The highest BCUT2D eigenvalue weighted by atomic mass is 16.1. The Balaban J connectivity index is 1.69. The number of rotatable bonds is 6. The van der Waals surface area contributed by atoms with Crippen LogP contribution in [-0.2, 0) is 18.4 Å². The second-order valence-corrected chi connectivity index (χ2v) is 6.62. The van der Waals surface area contributed by atoms with Crippen molar-refractivity contribution in [2.75, 3.05) is 19.4 Å². The predicted octanol–water partition coefficient (Wildman–Crippen LogP) is 3.20. The van der Waals surface area contributed by atoms with E-state index in [9.17, 15) is 4.79 Å². The molecule has 1 amide bonds. The van der Waals surface area contributed by atoms with Crippen LogP contribution < -0.4 is 5.32 Å². The first-order valence-corrected chi connectivity index (χ1v) is 8.67. The molecule has 0 fully saturated rings. The van der Waals surface area contributed by atoms with E-state index < -0.39 is 0 Å². The smallest absolute Gasteiger partial charge is 0.248 e. The van der Waals surface area contributed by atoms with Crippen molar-refractivity contribution < 1.29 is 4.79 Å². The van der Waals surface area contributed by atoms with Gasteiger partial charge in [-0.2, -0.15) is 5.10 Å². The molecule has 3 aromatic rings. The van der Waals surface area contributed by atoms with E-state index in [1.165, 1.54) is 11.6 Å². The van der Waals surface area contributed by atoms with Crippen molar-refractivity contribution in [3.05, 3.63) is 72.3 Å². The maximum Gasteiger partial charge on any atom is 0.248 e. The lowest BCUT2D eigenvalue weighted by Crippen LogP contribution is -2.11. The number of carbonyl (C=O) groups is 1. The number of hydrogen-bond donors (Lipinski definition) is 1. The van der Waals surface area contributed by atoms with Crippen molar-refractivity contribution in [1.82, 2.24) is 19.7 Å². The minimum Gasteiger partial charge on any atom is -0.323 e. The van der Waals surface area contributed by atoms with Gasteiger partial charge in [0.25, 0.3) is 0 Å². The average Bonchev–Trinajstić information content (AvgIpc) is 3.08. The second-order valence-electron chi connectivity index (χ2n) is 6.62. The Hall–Kier alpha value is -3.25. The van der Waals surface area contributed by atoms with E-state index in [0.29, 0.717) is 0 Å². The number of amides is 1. The molecule has 6 heteroatoms. The van der Waals surface area contributed by atoms with Gasteiger partial charge in [0.05, 0.1) is 6.20 Å². The highest BCUT2D eigenvalue weighted by molar-refractivity contribution is 6.02. The molecule has 6 nitrogen and oxygen atoms in total. The highest BCUT2D eigenvalue weighted by Gasteiger charge is 2.06. The molecular formula is C21H23N5O. The lowest BCUT2D eigenvalue weighted by atomic mass is 10.0. The average molecular weight is 361 g/mol. The monoisotopic (exact) mass is 361 g/mol. The van der Waals surface area contributed by atoms with Gasteiger partial charge in [-0.3, -0.25) is 14.5 Å². The quantitative estimate of drug-likeness (QED) is 0.685. The first-order chi connectivity index (χ1) is 13.0. The number of carbonyl (C=O) groups excluding carboxylic acids is 1. The van der Waals surface area contributed by atoms with Gasteiger partial charge in [0.1, 0.15) is 0 Å². The summed E-state index contributed by atoms with van der Waals surface area (Å²) in [6, 6.07) is 9.77.